The minimum absolute atomic E-state index is 0.0293. The number of morpholine rings is 1. The van der Waals surface area contributed by atoms with Gasteiger partial charge in [-0.1, -0.05) is 30.3 Å². The number of hydrogen-bond donors (Lipinski definition) is 0. The Bertz CT molecular complexity index is 708. The quantitative estimate of drug-likeness (QED) is 0.868. The zero-order valence-corrected chi connectivity index (χ0v) is 14.0. The molecule has 1 saturated carbocycles. The maximum absolute atomic E-state index is 12.8. The molecule has 2 aliphatic rings. The lowest BCUT2D eigenvalue weighted by atomic mass is 10.0. The number of imidazole rings is 1. The van der Waals surface area contributed by atoms with Crippen molar-refractivity contribution in [2.75, 3.05) is 13.1 Å². The summed E-state index contributed by atoms with van der Waals surface area (Å²) >= 11 is 0. The highest BCUT2D eigenvalue weighted by Crippen LogP contribution is 2.39. The minimum atomic E-state index is -0.0293. The van der Waals surface area contributed by atoms with E-state index in [2.05, 4.69) is 17.1 Å². The van der Waals surface area contributed by atoms with Crippen molar-refractivity contribution < 1.29 is 9.53 Å². The van der Waals surface area contributed by atoms with Gasteiger partial charge in [-0.3, -0.25) is 4.79 Å². The van der Waals surface area contributed by atoms with Crippen LogP contribution in [0.25, 0.3) is 0 Å². The molecule has 1 amide bonds. The average Bonchev–Trinajstić information content (AvgIpc) is 3.39. The first kappa shape index (κ1) is 15.4. The van der Waals surface area contributed by atoms with Crippen LogP contribution in [-0.2, 0) is 16.1 Å². The van der Waals surface area contributed by atoms with Gasteiger partial charge in [-0.25, -0.2) is 4.98 Å². The van der Waals surface area contributed by atoms with Crippen LogP contribution in [-0.4, -0.2) is 39.6 Å². The summed E-state index contributed by atoms with van der Waals surface area (Å²) in [4.78, 5) is 19.0. The highest BCUT2D eigenvalue weighted by Gasteiger charge is 2.40. The highest BCUT2D eigenvalue weighted by atomic mass is 16.5. The van der Waals surface area contributed by atoms with Crippen LogP contribution in [0.1, 0.15) is 30.3 Å². The molecule has 4 rings (SSSR count). The van der Waals surface area contributed by atoms with Crippen LogP contribution >= 0.6 is 0 Å². The molecule has 5 nitrogen and oxygen atoms in total. The normalized spacial score (nSPS) is 24.1. The van der Waals surface area contributed by atoms with E-state index in [1.807, 2.05) is 40.8 Å². The van der Waals surface area contributed by atoms with Gasteiger partial charge >= 0.3 is 0 Å². The number of aromatic nitrogens is 2. The van der Waals surface area contributed by atoms with Crippen LogP contribution in [0.5, 0.6) is 0 Å². The fraction of sp³-hybridized carbons (Fsp3) is 0.474. The number of hydrogen-bond acceptors (Lipinski definition) is 3. The summed E-state index contributed by atoms with van der Waals surface area (Å²) in [6, 6.07) is 10.2. The molecular formula is C19H23N3O2. The molecule has 2 fully saturated rings. The van der Waals surface area contributed by atoms with Crippen molar-refractivity contribution in [1.29, 1.82) is 0 Å². The monoisotopic (exact) mass is 325 g/mol. The number of benzene rings is 1. The van der Waals surface area contributed by atoms with Crippen molar-refractivity contribution in [3.8, 4) is 0 Å². The van der Waals surface area contributed by atoms with Crippen LogP contribution in [0.3, 0.4) is 0 Å². The van der Waals surface area contributed by atoms with Gasteiger partial charge < -0.3 is 14.2 Å². The van der Waals surface area contributed by atoms with E-state index < -0.39 is 0 Å². The molecule has 0 N–H and O–H groups in total. The highest BCUT2D eigenvalue weighted by molar-refractivity contribution is 5.76. The second kappa shape index (κ2) is 6.40. The summed E-state index contributed by atoms with van der Waals surface area (Å²) < 4.78 is 8.23. The van der Waals surface area contributed by atoms with Crippen molar-refractivity contribution in [3.05, 3.63) is 54.1 Å². The molecule has 0 spiro atoms. The van der Waals surface area contributed by atoms with Gasteiger partial charge in [0, 0.05) is 18.9 Å². The van der Waals surface area contributed by atoms with E-state index >= 15 is 0 Å². The number of rotatable bonds is 4. The third-order valence-electron chi connectivity index (χ3n) is 5.03. The molecule has 1 saturated heterocycles. The van der Waals surface area contributed by atoms with Crippen molar-refractivity contribution >= 4 is 5.91 Å². The smallest absolute Gasteiger partial charge is 0.242 e. The molecule has 0 bridgehead atoms. The van der Waals surface area contributed by atoms with E-state index in [1.165, 1.54) is 12.8 Å². The maximum atomic E-state index is 12.8. The summed E-state index contributed by atoms with van der Waals surface area (Å²) in [5.74, 6) is 1.63. The Balaban J connectivity index is 1.51. The van der Waals surface area contributed by atoms with Gasteiger partial charge in [0.1, 0.15) is 18.5 Å². The molecular weight excluding hydrogens is 302 g/mol. The molecule has 1 aliphatic carbocycles. The summed E-state index contributed by atoms with van der Waals surface area (Å²) in [5, 5.41) is 0. The van der Waals surface area contributed by atoms with Gasteiger partial charge in [0.25, 0.3) is 0 Å². The number of amides is 1. The molecule has 1 aliphatic heterocycles. The molecule has 1 aromatic heterocycles. The molecule has 2 heterocycles. The largest absolute Gasteiger partial charge is 0.366 e. The van der Waals surface area contributed by atoms with Gasteiger partial charge in [0.15, 0.2) is 0 Å². The van der Waals surface area contributed by atoms with Gasteiger partial charge in [-0.2, -0.15) is 0 Å². The van der Waals surface area contributed by atoms with Crippen molar-refractivity contribution in [2.24, 2.45) is 5.92 Å². The van der Waals surface area contributed by atoms with Crippen molar-refractivity contribution in [2.45, 2.75) is 38.5 Å². The van der Waals surface area contributed by atoms with E-state index in [4.69, 9.17) is 4.74 Å². The molecule has 24 heavy (non-hydrogen) atoms. The predicted molar refractivity (Wildman–Crippen MR) is 90.3 cm³/mol. The van der Waals surface area contributed by atoms with E-state index in [-0.39, 0.29) is 18.1 Å². The predicted octanol–water partition coefficient (Wildman–Crippen LogP) is 2.57. The van der Waals surface area contributed by atoms with E-state index in [0.717, 1.165) is 11.4 Å². The summed E-state index contributed by atoms with van der Waals surface area (Å²) in [6.45, 7) is 3.61. The van der Waals surface area contributed by atoms with E-state index in [9.17, 15) is 4.79 Å². The number of aryl methyl sites for hydroxylation is 1. The summed E-state index contributed by atoms with van der Waals surface area (Å²) in [5.41, 5.74) is 1.15. The average molecular weight is 325 g/mol. The minimum Gasteiger partial charge on any atom is -0.366 e. The van der Waals surface area contributed by atoms with Crippen LogP contribution in [0.15, 0.2) is 42.7 Å². The second-order valence-corrected chi connectivity index (χ2v) is 6.81. The first-order valence-electron chi connectivity index (χ1n) is 8.66. The van der Waals surface area contributed by atoms with Gasteiger partial charge in [-0.05, 0) is 31.2 Å². The van der Waals surface area contributed by atoms with Crippen molar-refractivity contribution in [3.63, 3.8) is 0 Å². The number of carbonyl (C=O) groups excluding carboxylic acids is 1. The fourth-order valence-corrected chi connectivity index (χ4v) is 3.39. The number of nitrogens with zero attached hydrogens (tertiary/aromatic N) is 3. The van der Waals surface area contributed by atoms with Gasteiger partial charge in [-0.15, -0.1) is 0 Å². The molecule has 0 unspecified atom stereocenters. The zero-order chi connectivity index (χ0) is 16.5. The third kappa shape index (κ3) is 3.22. The van der Waals surface area contributed by atoms with Crippen molar-refractivity contribution in [1.82, 2.24) is 14.5 Å². The Morgan fingerprint density at radius 1 is 1.25 bits per heavy atom. The van der Waals surface area contributed by atoms with E-state index in [0.29, 0.717) is 25.6 Å². The first-order valence-corrected chi connectivity index (χ1v) is 8.66. The van der Waals surface area contributed by atoms with Gasteiger partial charge in [0.2, 0.25) is 5.91 Å². The fourth-order valence-electron chi connectivity index (χ4n) is 3.39. The Morgan fingerprint density at radius 3 is 2.71 bits per heavy atom. The summed E-state index contributed by atoms with van der Waals surface area (Å²) in [7, 11) is 0. The van der Waals surface area contributed by atoms with Crippen LogP contribution in [0, 0.1) is 12.8 Å². The number of carbonyl (C=O) groups is 1. The van der Waals surface area contributed by atoms with Crippen LogP contribution in [0.4, 0.5) is 0 Å². The molecule has 126 valence electrons. The molecule has 2 atom stereocenters. The molecule has 5 heteroatoms. The maximum Gasteiger partial charge on any atom is 0.242 e. The molecule has 2 aromatic rings. The standard InChI is InChI=1S/C19H23N3O2/c1-14-20-9-10-21(14)13-19(23)22-11-17(15-5-3-2-4-6-15)24-18(12-22)16-7-8-16/h2-6,9-10,16-18H,7-8,11-13H2,1H3/t17-,18+/m0/s1. The Hall–Kier alpha value is -2.14. The number of ether oxygens (including phenoxy) is 1. The first-order chi connectivity index (χ1) is 11.7. The topological polar surface area (TPSA) is 47.4 Å². The van der Waals surface area contributed by atoms with Crippen LogP contribution in [0.2, 0.25) is 0 Å². The van der Waals surface area contributed by atoms with E-state index in [1.54, 1.807) is 6.20 Å². The van der Waals surface area contributed by atoms with Gasteiger partial charge in [0.05, 0.1) is 12.6 Å². The van der Waals surface area contributed by atoms with Crippen LogP contribution < -0.4 is 0 Å². The lowest BCUT2D eigenvalue weighted by Crippen LogP contribution is -2.48. The SMILES string of the molecule is Cc1nccn1CC(=O)N1C[C@@H](c2ccccc2)O[C@@H](C2CC2)C1. The summed E-state index contributed by atoms with van der Waals surface area (Å²) in [6.07, 6.45) is 6.17. The Kier molecular flexibility index (Phi) is 4.10. The third-order valence-corrected chi connectivity index (χ3v) is 5.03. The lowest BCUT2D eigenvalue weighted by molar-refractivity contribution is -0.148. The zero-order valence-electron chi connectivity index (χ0n) is 14.0. The second-order valence-electron chi connectivity index (χ2n) is 6.81. The molecule has 1 aromatic carbocycles. The Labute approximate surface area is 142 Å². The Morgan fingerprint density at radius 2 is 2.04 bits per heavy atom. The molecule has 0 radical (unpaired) electrons. The lowest BCUT2D eigenvalue weighted by Gasteiger charge is -2.38.